The molecule has 0 rings (SSSR count). The van der Waals surface area contributed by atoms with Gasteiger partial charge in [0.1, 0.15) is 0 Å². The Morgan fingerprint density at radius 1 is 0.800 bits per heavy atom. The summed E-state index contributed by atoms with van der Waals surface area (Å²) in [6.45, 7) is 14.9. The van der Waals surface area contributed by atoms with E-state index < -0.39 is 10.4 Å². The van der Waals surface area contributed by atoms with Crippen LogP contribution >= 0.6 is 0 Å². The molecular weight excluding hydrogens is 273 g/mol. The molecule has 0 atom stereocenters. The number of hydrogen-bond donors (Lipinski definition) is 2. The molecule has 0 spiro atoms. The number of hydrogen-bond acceptors (Lipinski definition) is 2. The number of nitrogens with zero attached hydrogens (tertiary/aromatic N) is 1. The van der Waals surface area contributed by atoms with E-state index in [1.807, 2.05) is 0 Å². The van der Waals surface area contributed by atoms with Crippen molar-refractivity contribution in [2.75, 3.05) is 26.2 Å². The quantitative estimate of drug-likeness (QED) is 0.365. The summed E-state index contributed by atoms with van der Waals surface area (Å²) in [5.41, 5.74) is 0. The largest absolute Gasteiger partial charge is 1.00 e. The molecule has 0 radical (unpaired) electrons. The minimum Gasteiger partial charge on any atom is -1.00 e. The van der Waals surface area contributed by atoms with E-state index in [4.69, 9.17) is 17.5 Å². The molecule has 0 aromatic rings. The second-order valence-electron chi connectivity index (χ2n) is 5.04. The summed E-state index contributed by atoms with van der Waals surface area (Å²) < 4.78 is 33.0. The second kappa shape index (κ2) is 14.4. The summed E-state index contributed by atoms with van der Waals surface area (Å²) >= 11 is 0. The van der Waals surface area contributed by atoms with Gasteiger partial charge in [0, 0.05) is 0 Å². The van der Waals surface area contributed by atoms with Gasteiger partial charge in [-0.1, -0.05) is 34.1 Å². The molecule has 0 fully saturated rings. The molecule has 0 aliphatic rings. The molecule has 5 nitrogen and oxygen atoms in total. The Balaban J connectivity index is -0.000000179. The molecule has 0 bridgehead atoms. The molecule has 0 unspecified atom stereocenters. The Morgan fingerprint density at radius 2 is 1.10 bits per heavy atom. The van der Waals surface area contributed by atoms with E-state index in [0.717, 1.165) is 0 Å². The molecule has 0 saturated heterocycles. The van der Waals surface area contributed by atoms with Gasteiger partial charge < -0.3 is 5.91 Å². The first kappa shape index (κ1) is 25.4. The Bertz CT molecular complexity index is 278. The van der Waals surface area contributed by atoms with E-state index in [-0.39, 0.29) is 20.3 Å². The molecule has 2 N–H and O–H groups in total. The molecule has 7 heteroatoms. The van der Waals surface area contributed by atoms with Crippen molar-refractivity contribution in [3.05, 3.63) is 0 Å². The standard InChI is InChI=1S/C13H30N.Li.H2O4S.H/c1-5-9-13-14(10-6-2,11-7-3)12-8-4;;1-5(2,3)4;/h5-13H2,1-4H3;;(H2,1,2,3,4);/q2*+1;;-1. The van der Waals surface area contributed by atoms with Gasteiger partial charge in [0.05, 0.1) is 26.2 Å². The Hall–Kier alpha value is 0.427. The fourth-order valence-corrected chi connectivity index (χ4v) is 2.59. The van der Waals surface area contributed by atoms with Crippen molar-refractivity contribution in [1.82, 2.24) is 0 Å². The molecule has 0 heterocycles. The van der Waals surface area contributed by atoms with Gasteiger partial charge in [0.25, 0.3) is 0 Å². The minimum absolute atomic E-state index is 0. The van der Waals surface area contributed by atoms with Crippen molar-refractivity contribution in [1.29, 1.82) is 0 Å². The summed E-state index contributed by atoms with van der Waals surface area (Å²) in [5, 5.41) is 0. The van der Waals surface area contributed by atoms with Crippen LogP contribution in [0.2, 0.25) is 0 Å². The molecule has 0 aromatic carbocycles. The number of rotatable bonds is 9. The van der Waals surface area contributed by atoms with Crippen LogP contribution in [0.3, 0.4) is 0 Å². The summed E-state index contributed by atoms with van der Waals surface area (Å²) in [5.74, 6) is 0. The van der Waals surface area contributed by atoms with Crippen molar-refractivity contribution in [2.45, 2.75) is 59.8 Å². The van der Waals surface area contributed by atoms with Crippen LogP contribution in [0.1, 0.15) is 61.2 Å². The summed E-state index contributed by atoms with van der Waals surface area (Å²) in [6.07, 6.45) is 6.76. The predicted octanol–water partition coefficient (Wildman–Crippen LogP) is 0.297. The maximum atomic E-state index is 8.74. The van der Waals surface area contributed by atoms with Crippen molar-refractivity contribution in [3.8, 4) is 0 Å². The summed E-state index contributed by atoms with van der Waals surface area (Å²) in [4.78, 5) is 0. The van der Waals surface area contributed by atoms with E-state index in [0.29, 0.717) is 0 Å². The van der Waals surface area contributed by atoms with Gasteiger partial charge in [0.15, 0.2) is 0 Å². The predicted molar refractivity (Wildman–Crippen MR) is 80.8 cm³/mol. The van der Waals surface area contributed by atoms with Crippen molar-refractivity contribution in [2.24, 2.45) is 0 Å². The topological polar surface area (TPSA) is 74.6 Å². The molecule has 0 amide bonds. The molecule has 0 aliphatic carbocycles. The van der Waals surface area contributed by atoms with Gasteiger partial charge >= 0.3 is 29.3 Å². The van der Waals surface area contributed by atoms with Crippen LogP contribution in [0, 0.1) is 0 Å². The first-order valence-corrected chi connectivity index (χ1v) is 8.69. The third-order valence-electron chi connectivity index (χ3n) is 3.08. The fraction of sp³-hybridized carbons (Fsp3) is 1.00. The third kappa shape index (κ3) is 18.4. The normalized spacial score (nSPS) is 11.3. The SMILES string of the molecule is CCCC[N+](CCC)(CCC)CCC.O=S(=O)(O)O.[H-].[Li+]. The zero-order valence-electron chi connectivity index (χ0n) is 14.9. The fourth-order valence-electron chi connectivity index (χ4n) is 2.59. The van der Waals surface area contributed by atoms with Gasteiger partial charge in [-0.05, 0) is 25.7 Å². The maximum Gasteiger partial charge on any atom is 1.00 e. The monoisotopic (exact) mass is 306 g/mol. The van der Waals surface area contributed by atoms with E-state index in [1.165, 1.54) is 62.8 Å². The molecule has 0 aromatic heterocycles. The average Bonchev–Trinajstić information content (AvgIpc) is 2.25. The molecule has 0 aliphatic heterocycles. The third-order valence-corrected chi connectivity index (χ3v) is 3.08. The van der Waals surface area contributed by atoms with Crippen molar-refractivity contribution >= 4 is 10.4 Å². The Morgan fingerprint density at radius 3 is 1.30 bits per heavy atom. The number of quaternary nitrogens is 1. The van der Waals surface area contributed by atoms with Crippen LogP contribution in [0.25, 0.3) is 0 Å². The van der Waals surface area contributed by atoms with Crippen LogP contribution in [-0.2, 0) is 10.4 Å². The van der Waals surface area contributed by atoms with Gasteiger partial charge in [-0.15, -0.1) is 0 Å². The van der Waals surface area contributed by atoms with E-state index in [1.54, 1.807) is 0 Å². The van der Waals surface area contributed by atoms with Crippen LogP contribution in [0.5, 0.6) is 0 Å². The zero-order chi connectivity index (χ0) is 15.4. The van der Waals surface area contributed by atoms with Gasteiger partial charge in [-0.3, -0.25) is 9.11 Å². The summed E-state index contributed by atoms with van der Waals surface area (Å²) in [6, 6.07) is 0. The molecule has 0 saturated carbocycles. The molecular formula is C13H33LiNO4S+. The Labute approximate surface area is 139 Å². The van der Waals surface area contributed by atoms with Crippen LogP contribution in [0.15, 0.2) is 0 Å². The Kier molecular flexibility index (Phi) is 18.2. The second-order valence-corrected chi connectivity index (χ2v) is 5.93. The van der Waals surface area contributed by atoms with Crippen LogP contribution < -0.4 is 18.9 Å². The first-order chi connectivity index (χ1) is 8.74. The number of unbranched alkanes of at least 4 members (excludes halogenated alkanes) is 1. The van der Waals surface area contributed by atoms with Crippen LogP contribution in [-0.4, -0.2) is 48.2 Å². The van der Waals surface area contributed by atoms with E-state index in [9.17, 15) is 0 Å². The smallest absolute Gasteiger partial charge is 1.00 e. The molecule has 20 heavy (non-hydrogen) atoms. The van der Waals surface area contributed by atoms with E-state index in [2.05, 4.69) is 27.7 Å². The molecule has 120 valence electrons. The van der Waals surface area contributed by atoms with Crippen molar-refractivity contribution < 1.29 is 42.3 Å². The zero-order valence-corrected chi connectivity index (χ0v) is 14.7. The maximum absolute atomic E-state index is 8.74. The average molecular weight is 306 g/mol. The van der Waals surface area contributed by atoms with Crippen molar-refractivity contribution in [3.63, 3.8) is 0 Å². The summed E-state index contributed by atoms with van der Waals surface area (Å²) in [7, 11) is -4.67. The van der Waals surface area contributed by atoms with Gasteiger partial charge in [-0.25, -0.2) is 0 Å². The van der Waals surface area contributed by atoms with E-state index >= 15 is 0 Å². The minimum atomic E-state index is -4.67. The van der Waals surface area contributed by atoms with Gasteiger partial charge in [-0.2, -0.15) is 8.42 Å². The van der Waals surface area contributed by atoms with Gasteiger partial charge in [0.2, 0.25) is 0 Å². The first-order valence-electron chi connectivity index (χ1n) is 7.29. The van der Waals surface area contributed by atoms with Crippen LogP contribution in [0.4, 0.5) is 0 Å².